The van der Waals surface area contributed by atoms with E-state index in [-0.39, 0.29) is 11.8 Å². The van der Waals surface area contributed by atoms with Crippen LogP contribution in [0.2, 0.25) is 0 Å². The first kappa shape index (κ1) is 10.1. The van der Waals surface area contributed by atoms with Gasteiger partial charge in [0.1, 0.15) is 0 Å². The lowest BCUT2D eigenvalue weighted by molar-refractivity contribution is -0.135. The van der Waals surface area contributed by atoms with Crippen LogP contribution in [-0.2, 0) is 9.59 Å². The first-order valence-electron chi connectivity index (χ1n) is 3.70. The van der Waals surface area contributed by atoms with Crippen molar-refractivity contribution in [2.24, 2.45) is 0 Å². The van der Waals surface area contributed by atoms with Crippen molar-refractivity contribution >= 4 is 11.8 Å². The molecule has 0 aromatic rings. The molecule has 1 aliphatic rings. The Kier molecular flexibility index (Phi) is 4.45. The molecule has 0 radical (unpaired) electrons. The van der Waals surface area contributed by atoms with E-state index in [0.29, 0.717) is 13.1 Å². The van der Waals surface area contributed by atoms with Gasteiger partial charge >= 0.3 is 0 Å². The smallest absolute Gasteiger partial charge is 0.240 e. The molecule has 1 rings (SSSR count). The van der Waals surface area contributed by atoms with E-state index in [9.17, 15) is 9.59 Å². The third-order valence-electron chi connectivity index (χ3n) is 1.11. The van der Waals surface area contributed by atoms with Gasteiger partial charge in [0.25, 0.3) is 0 Å². The van der Waals surface area contributed by atoms with Crippen LogP contribution in [0.1, 0.15) is 13.8 Å². The molecule has 1 fully saturated rings. The minimum absolute atomic E-state index is 0.214. The second kappa shape index (κ2) is 4.85. The van der Waals surface area contributed by atoms with Gasteiger partial charge in [-0.15, -0.1) is 0 Å². The quantitative estimate of drug-likeness (QED) is 0.488. The van der Waals surface area contributed by atoms with Gasteiger partial charge in [-0.2, -0.15) is 0 Å². The van der Waals surface area contributed by atoms with Crippen LogP contribution in [0.4, 0.5) is 0 Å². The predicted molar refractivity (Wildman–Crippen MR) is 42.0 cm³/mol. The Bertz CT molecular complexity index is 141. The highest BCUT2D eigenvalue weighted by Crippen LogP contribution is 1.87. The van der Waals surface area contributed by atoms with Crippen LogP contribution in [0.15, 0.2) is 0 Å². The van der Waals surface area contributed by atoms with Crippen molar-refractivity contribution in [3.05, 3.63) is 0 Å². The van der Waals surface area contributed by atoms with Crippen LogP contribution in [-0.4, -0.2) is 36.9 Å². The van der Waals surface area contributed by atoms with E-state index in [1.54, 1.807) is 11.9 Å². The molecule has 4 nitrogen and oxygen atoms in total. The summed E-state index contributed by atoms with van der Waals surface area (Å²) < 4.78 is 0. The number of hydrogen-bond donors (Lipinski definition) is 1. The summed E-state index contributed by atoms with van der Waals surface area (Å²) in [6, 6.07) is 0. The highest BCUT2D eigenvalue weighted by Gasteiger charge is 2.18. The summed E-state index contributed by atoms with van der Waals surface area (Å²) in [6.45, 7) is 4.65. The van der Waals surface area contributed by atoms with Crippen molar-refractivity contribution in [2.45, 2.75) is 13.8 Å². The third-order valence-corrected chi connectivity index (χ3v) is 1.11. The Morgan fingerprint density at radius 3 is 1.82 bits per heavy atom. The summed E-state index contributed by atoms with van der Waals surface area (Å²) in [7, 11) is 1.73. The maximum atomic E-state index is 10.5. The Hall–Kier alpha value is -0.900. The molecule has 1 saturated heterocycles. The van der Waals surface area contributed by atoms with E-state index in [4.69, 9.17) is 0 Å². The largest absolute Gasteiger partial charge is 0.294 e. The summed E-state index contributed by atoms with van der Waals surface area (Å²) in [4.78, 5) is 22.7. The Morgan fingerprint density at radius 1 is 1.18 bits per heavy atom. The molecular formula is C7H14N2O2. The molecule has 0 aliphatic carbocycles. The number of rotatable bonds is 0. The average molecular weight is 158 g/mol. The lowest BCUT2D eigenvalue weighted by atomic mass is 10.4. The van der Waals surface area contributed by atoms with E-state index in [2.05, 4.69) is 5.32 Å². The monoisotopic (exact) mass is 158 g/mol. The number of piperazine rings is 1. The molecule has 1 heterocycles. The van der Waals surface area contributed by atoms with Gasteiger partial charge in [0.2, 0.25) is 11.8 Å². The summed E-state index contributed by atoms with van der Waals surface area (Å²) in [5, 5.41) is 2.19. The highest BCUT2D eigenvalue weighted by atomic mass is 16.2. The van der Waals surface area contributed by atoms with E-state index in [1.165, 1.54) is 0 Å². The molecule has 0 spiro atoms. The first-order chi connectivity index (χ1) is 5.18. The molecule has 1 aliphatic heterocycles. The van der Waals surface area contributed by atoms with Crippen molar-refractivity contribution in [3.63, 3.8) is 0 Å². The number of nitrogens with zero attached hydrogens (tertiary/aromatic N) is 1. The summed E-state index contributed by atoms with van der Waals surface area (Å²) in [5.41, 5.74) is 0. The molecule has 0 aromatic heterocycles. The number of carbonyl (C=O) groups excluding carboxylic acids is 2. The number of amides is 2. The van der Waals surface area contributed by atoms with Crippen molar-refractivity contribution < 1.29 is 9.59 Å². The van der Waals surface area contributed by atoms with Crippen LogP contribution in [0.3, 0.4) is 0 Å². The summed E-state index contributed by atoms with van der Waals surface area (Å²) in [5.74, 6) is -0.428. The zero-order valence-corrected chi connectivity index (χ0v) is 7.18. The minimum atomic E-state index is -0.214. The van der Waals surface area contributed by atoms with E-state index in [1.807, 2.05) is 13.8 Å². The number of hydrogen-bond acceptors (Lipinski definition) is 3. The van der Waals surface area contributed by atoms with Gasteiger partial charge in [0.15, 0.2) is 0 Å². The normalized spacial score (nSPS) is 18.5. The molecular weight excluding hydrogens is 144 g/mol. The maximum Gasteiger partial charge on any atom is 0.240 e. The fraction of sp³-hybridized carbons (Fsp3) is 0.714. The van der Waals surface area contributed by atoms with Gasteiger partial charge in [-0.1, -0.05) is 13.8 Å². The topological polar surface area (TPSA) is 49.4 Å². The molecule has 2 amide bonds. The molecule has 0 aromatic carbocycles. The number of imide groups is 1. The Morgan fingerprint density at radius 2 is 1.55 bits per heavy atom. The molecule has 0 saturated carbocycles. The fourth-order valence-electron chi connectivity index (χ4n) is 0.781. The number of nitrogens with one attached hydrogen (secondary N) is 1. The van der Waals surface area contributed by atoms with Gasteiger partial charge in [0.05, 0.1) is 13.1 Å². The van der Waals surface area contributed by atoms with E-state index >= 15 is 0 Å². The predicted octanol–water partition coefficient (Wildman–Crippen LogP) is -0.399. The van der Waals surface area contributed by atoms with Gasteiger partial charge in [-0.3, -0.25) is 19.8 Å². The van der Waals surface area contributed by atoms with Crippen LogP contribution < -0.4 is 5.32 Å². The lowest BCUT2D eigenvalue weighted by Gasteiger charge is -2.19. The minimum Gasteiger partial charge on any atom is -0.294 e. The third kappa shape index (κ3) is 3.72. The van der Waals surface area contributed by atoms with Crippen molar-refractivity contribution in [3.8, 4) is 0 Å². The Balaban J connectivity index is 0.000000461. The highest BCUT2D eigenvalue weighted by molar-refractivity contribution is 5.99. The zero-order valence-electron chi connectivity index (χ0n) is 7.18. The van der Waals surface area contributed by atoms with Crippen LogP contribution in [0, 0.1) is 0 Å². The summed E-state index contributed by atoms with van der Waals surface area (Å²) >= 11 is 0. The molecule has 0 unspecified atom stereocenters. The molecule has 64 valence electrons. The van der Waals surface area contributed by atoms with Crippen molar-refractivity contribution in [2.75, 3.05) is 20.1 Å². The SMILES string of the molecule is CC.CN1CC(=O)NC(=O)C1. The molecule has 4 heteroatoms. The molecule has 11 heavy (non-hydrogen) atoms. The van der Waals surface area contributed by atoms with Crippen molar-refractivity contribution in [1.82, 2.24) is 10.2 Å². The average Bonchev–Trinajstić information content (AvgIpc) is 1.88. The summed E-state index contributed by atoms with van der Waals surface area (Å²) in [6.07, 6.45) is 0. The van der Waals surface area contributed by atoms with Gasteiger partial charge < -0.3 is 0 Å². The number of carbonyl (C=O) groups is 2. The molecule has 0 bridgehead atoms. The Labute approximate surface area is 66.6 Å². The second-order valence-corrected chi connectivity index (χ2v) is 2.14. The van der Waals surface area contributed by atoms with Crippen molar-refractivity contribution in [1.29, 1.82) is 0 Å². The first-order valence-corrected chi connectivity index (χ1v) is 3.70. The number of likely N-dealkylation sites (N-methyl/N-ethyl adjacent to an activating group) is 1. The van der Waals surface area contributed by atoms with Crippen LogP contribution >= 0.6 is 0 Å². The second-order valence-electron chi connectivity index (χ2n) is 2.14. The van der Waals surface area contributed by atoms with E-state index in [0.717, 1.165) is 0 Å². The fourth-order valence-corrected chi connectivity index (χ4v) is 0.781. The maximum absolute atomic E-state index is 10.5. The standard InChI is InChI=1S/C5H8N2O2.C2H6/c1-7-2-4(8)6-5(9)3-7;1-2/h2-3H2,1H3,(H,6,8,9);1-2H3. The molecule has 1 N–H and O–H groups in total. The van der Waals surface area contributed by atoms with Gasteiger partial charge in [-0.25, -0.2) is 0 Å². The van der Waals surface area contributed by atoms with Gasteiger partial charge in [0, 0.05) is 0 Å². The van der Waals surface area contributed by atoms with E-state index < -0.39 is 0 Å². The van der Waals surface area contributed by atoms with Gasteiger partial charge in [-0.05, 0) is 7.05 Å². The van der Waals surface area contributed by atoms with Crippen LogP contribution in [0.25, 0.3) is 0 Å². The zero-order chi connectivity index (χ0) is 8.85. The molecule has 0 atom stereocenters. The lowest BCUT2D eigenvalue weighted by Crippen LogP contribution is -2.49. The van der Waals surface area contributed by atoms with Crippen LogP contribution in [0.5, 0.6) is 0 Å².